The Morgan fingerprint density at radius 2 is 1.39 bits per heavy atom. The van der Waals surface area contributed by atoms with E-state index in [-0.39, 0.29) is 141 Å². The van der Waals surface area contributed by atoms with Gasteiger partial charge in [0.2, 0.25) is 35.4 Å². The molecule has 0 saturated carbocycles. The van der Waals surface area contributed by atoms with Crippen molar-refractivity contribution < 1.29 is 105 Å². The minimum Gasteiger partial charge on any atom is -0.456 e. The average Bonchev–Trinajstić information content (AvgIpc) is 1.41. The number of nitrogens with zero attached hydrogens (tertiary/aromatic N) is 4. The largest absolute Gasteiger partial charge is 0.514 e. The number of nitro groups is 1. The number of carbonyl (C=O) groups excluding carboxylic acids is 15. The number of urea groups is 1. The summed E-state index contributed by atoms with van der Waals surface area (Å²) < 4.78 is 32.8. The summed E-state index contributed by atoms with van der Waals surface area (Å²) in [6.07, 6.45) is 8.83. The highest BCUT2D eigenvalue weighted by Gasteiger charge is 2.39. The van der Waals surface area contributed by atoms with Gasteiger partial charge in [-0.15, -0.1) is 0 Å². The molecule has 0 fully saturated rings. The number of cyclic esters (lactones) is 2. The lowest BCUT2D eigenvalue weighted by Crippen LogP contribution is -2.58. The highest BCUT2D eigenvalue weighted by atomic mass is 35.5. The van der Waals surface area contributed by atoms with Crippen molar-refractivity contribution in [3.8, 4) is 5.75 Å². The number of carbonyl (C=O) groups is 15. The lowest BCUT2D eigenvalue weighted by atomic mass is 9.89. The van der Waals surface area contributed by atoms with Gasteiger partial charge in [-0.05, 0) is 162 Å². The number of ether oxygens (including phenoxy) is 6. The van der Waals surface area contributed by atoms with E-state index in [2.05, 4.69) is 31.9 Å². The molecule has 700 valence electrons. The van der Waals surface area contributed by atoms with Crippen LogP contribution in [0.3, 0.4) is 0 Å². The first-order valence-electron chi connectivity index (χ1n) is 43.4. The number of rotatable bonds is 42. The summed E-state index contributed by atoms with van der Waals surface area (Å²) in [5, 5.41) is 27.6. The minimum atomic E-state index is -1.28. The monoisotopic (exact) mass is 1790 g/mol. The van der Waals surface area contributed by atoms with Crippen LogP contribution in [-0.2, 0) is 99.0 Å². The van der Waals surface area contributed by atoms with Gasteiger partial charge in [0.1, 0.15) is 48.4 Å². The molecule has 3 aromatic rings. The van der Waals surface area contributed by atoms with Crippen molar-refractivity contribution in [2.75, 3.05) is 72.0 Å². The standard InChI is InChI=1S/C55H87ClN6O12.C36H44N6O11/c1-12-36(5)48-51(66)58-40(9)55(70)74-49(37(6)13-2)38(7)18-17-19-39(8)54(69)73-46(32-35(3)4)50(65)59-44(21-16-14-15-20-43(63)26-28-71-30-31-72-29-27-57)52(67)62(11)45(33-41-22-24-42(56)25-23-41)53(68)61(10)34-47(64)60-48;1-23(2)33(40-30(44)8-4-3-5-20-41-31(45)17-18-32(41)46)29(43)21-25(7-6-19-38-35(37)48)34(47)39-26-11-9-24(10-12-26)22-52-36(49)53-28-15-13-27(14-16-28)42(50)51/h13,19,22-25,35-36,38,40,44-46,48-49H,12,14-18,20-21,26-34,57H2,1-11H3,(H,58,66)(H,59,65)(H,60,64);9-18,23,25,33H,3-8,19-22H2,1-2H3,(H,39,47)(H,40,44)(H3,37,38,48)/b37-13+,39-19+;/t36-,38+,40-,44+,45-,46-,48+,49-;25?,33-/m10/s1. The van der Waals surface area contributed by atoms with E-state index in [1.807, 2.05) is 47.6 Å². The summed E-state index contributed by atoms with van der Waals surface area (Å²) in [6.45, 7) is 21.3. The number of hydrogen-bond acceptors (Lipinski definition) is 24. The van der Waals surface area contributed by atoms with Crippen LogP contribution in [0.2, 0.25) is 5.02 Å². The van der Waals surface area contributed by atoms with Crippen molar-refractivity contribution in [3.05, 3.63) is 135 Å². The summed E-state index contributed by atoms with van der Waals surface area (Å²) in [5.41, 5.74) is 13.1. The second-order valence-electron chi connectivity index (χ2n) is 32.6. The van der Waals surface area contributed by atoms with Crippen molar-refractivity contribution in [2.45, 2.75) is 241 Å². The van der Waals surface area contributed by atoms with Crippen LogP contribution in [0.1, 0.15) is 196 Å². The number of benzene rings is 3. The molecule has 1 unspecified atom stereocenters. The number of nitrogens with two attached hydrogens (primary N) is 2. The molecule has 0 radical (unpaired) electrons. The molecule has 2 aliphatic heterocycles. The zero-order valence-electron chi connectivity index (χ0n) is 75.5. The number of likely N-dealkylation sites (N-methyl/N-ethyl adjacent to an activating group) is 2. The fourth-order valence-corrected chi connectivity index (χ4v) is 13.7. The lowest BCUT2D eigenvalue weighted by molar-refractivity contribution is -0.384. The number of unbranched alkanes of at least 4 members (excludes halogenated alkanes) is 4. The molecule has 35 nitrogen and oxygen atoms in total. The Morgan fingerprint density at radius 3 is 2.01 bits per heavy atom. The molecule has 10 N–H and O–H groups in total. The van der Waals surface area contributed by atoms with Gasteiger partial charge in [0.05, 0.1) is 43.9 Å². The number of allylic oxidation sites excluding steroid dienone is 2. The van der Waals surface area contributed by atoms with Crippen LogP contribution < -0.4 is 48.1 Å². The number of imide groups is 1. The maximum atomic E-state index is 14.9. The van der Waals surface area contributed by atoms with Gasteiger partial charge in [-0.2, -0.15) is 0 Å². The molecule has 0 bridgehead atoms. The van der Waals surface area contributed by atoms with E-state index in [1.165, 1.54) is 67.2 Å². The van der Waals surface area contributed by atoms with Crippen LogP contribution >= 0.6 is 11.6 Å². The van der Waals surface area contributed by atoms with Gasteiger partial charge in [-0.3, -0.25) is 67.8 Å². The number of non-ortho nitro benzene ring substituents is 1. The number of nitro benzene ring substituents is 1. The smallest absolute Gasteiger partial charge is 0.456 e. The molecule has 3 aromatic carbocycles. The van der Waals surface area contributed by atoms with Crippen molar-refractivity contribution in [1.82, 2.24) is 41.3 Å². The first-order valence-corrected chi connectivity index (χ1v) is 43.8. The Balaban J connectivity index is 0.000000561. The number of hydrogen-bond donors (Lipinski definition) is 8. The first kappa shape index (κ1) is 108. The number of anilines is 1. The molecule has 0 spiro atoms. The van der Waals surface area contributed by atoms with Crippen LogP contribution in [-0.4, -0.2) is 218 Å². The van der Waals surface area contributed by atoms with Gasteiger partial charge in [0, 0.05) is 112 Å². The van der Waals surface area contributed by atoms with Gasteiger partial charge in [-0.1, -0.05) is 122 Å². The van der Waals surface area contributed by atoms with Crippen molar-refractivity contribution in [1.29, 1.82) is 0 Å². The fraction of sp³-hybridized carbons (Fsp3) is 0.571. The Bertz CT molecular complexity index is 4240. The molecule has 0 aromatic heterocycles. The molecular weight excluding hydrogens is 1660 g/mol. The lowest BCUT2D eigenvalue weighted by Gasteiger charge is -2.34. The molecular formula is C91H131ClN12O23. The quantitative estimate of drug-likeness (QED) is 0.00382. The molecule has 2 heterocycles. The zero-order valence-corrected chi connectivity index (χ0v) is 76.2. The van der Waals surface area contributed by atoms with Gasteiger partial charge in [0.25, 0.3) is 23.4 Å². The van der Waals surface area contributed by atoms with Crippen LogP contribution in [0.15, 0.2) is 108 Å². The van der Waals surface area contributed by atoms with E-state index in [0.29, 0.717) is 119 Å². The minimum absolute atomic E-state index is 0.00425. The van der Waals surface area contributed by atoms with Gasteiger partial charge in [-0.25, -0.2) is 19.2 Å². The Morgan fingerprint density at radius 1 is 0.756 bits per heavy atom. The number of ketones is 2. The van der Waals surface area contributed by atoms with E-state index in [1.54, 1.807) is 82.3 Å². The summed E-state index contributed by atoms with van der Waals surface area (Å²) >= 11 is 6.22. The van der Waals surface area contributed by atoms with Crippen molar-refractivity contribution in [3.63, 3.8) is 0 Å². The number of amides is 11. The maximum Gasteiger partial charge on any atom is 0.514 e. The highest BCUT2D eigenvalue weighted by molar-refractivity contribution is 6.30. The van der Waals surface area contributed by atoms with Crippen LogP contribution in [0.25, 0.3) is 0 Å². The summed E-state index contributed by atoms with van der Waals surface area (Å²) in [7, 11) is 2.86. The van der Waals surface area contributed by atoms with E-state index in [4.69, 9.17) is 51.5 Å². The third kappa shape index (κ3) is 40.1. The molecule has 10 atom stereocenters. The number of nitrogens with one attached hydrogen (secondary N) is 6. The van der Waals surface area contributed by atoms with Crippen molar-refractivity contribution >= 4 is 112 Å². The summed E-state index contributed by atoms with van der Waals surface area (Å²) in [4.78, 5) is 211. The normalized spacial score (nSPS) is 19.7. The van der Waals surface area contributed by atoms with Crippen LogP contribution in [0, 0.1) is 39.7 Å². The molecule has 36 heteroatoms. The zero-order chi connectivity index (χ0) is 94.4. The molecule has 11 amide bonds. The third-order valence-electron chi connectivity index (χ3n) is 21.4. The van der Waals surface area contributed by atoms with Gasteiger partial charge < -0.3 is 81.6 Å². The summed E-state index contributed by atoms with van der Waals surface area (Å²) in [6, 6.07) is 11.9. The number of primary amides is 1. The second kappa shape index (κ2) is 57.4. The van der Waals surface area contributed by atoms with Crippen LogP contribution in [0.4, 0.5) is 21.0 Å². The number of halogens is 1. The summed E-state index contributed by atoms with van der Waals surface area (Å²) in [5.74, 6) is -8.11. The number of Topliss-reactive ketones (excluding diaryl/α,β-unsaturated/α-hetero) is 2. The highest BCUT2D eigenvalue weighted by Crippen LogP contribution is 2.27. The maximum absolute atomic E-state index is 14.9. The Hall–Kier alpha value is -11.3. The average molecular weight is 1800 g/mol. The van der Waals surface area contributed by atoms with Gasteiger partial charge in [0.15, 0.2) is 11.9 Å². The Labute approximate surface area is 748 Å². The van der Waals surface area contributed by atoms with Gasteiger partial charge >= 0.3 is 24.1 Å². The van der Waals surface area contributed by atoms with E-state index < -0.39 is 119 Å². The van der Waals surface area contributed by atoms with E-state index >= 15 is 0 Å². The Kier molecular flexibility index (Phi) is 48.8. The van der Waals surface area contributed by atoms with E-state index in [0.717, 1.165) is 10.5 Å². The predicted molar refractivity (Wildman–Crippen MR) is 474 cm³/mol. The van der Waals surface area contributed by atoms with E-state index in [9.17, 15) is 82.0 Å². The topological polar surface area (TPSA) is 489 Å². The number of esters is 2. The van der Waals surface area contributed by atoms with Crippen molar-refractivity contribution in [2.24, 2.45) is 41.1 Å². The molecule has 2 aliphatic rings. The molecule has 5 rings (SSSR count). The predicted octanol–water partition coefficient (Wildman–Crippen LogP) is 9.70. The first-order chi connectivity index (χ1) is 60.3. The fourth-order valence-electron chi connectivity index (χ4n) is 13.6. The molecule has 127 heavy (non-hydrogen) atoms. The third-order valence-corrected chi connectivity index (χ3v) is 21.7. The SMILES string of the molecule is C/C=C(\C)[C@H]1OC(=O)[C@@H](C)NC(=O)[C@H]([C@H](C)CC)NC(=O)CN(C)C(=O)[C@@H](Cc2ccc(Cl)cc2)N(C)C(=O)[C@H](CCCCCC(=O)CCOCCOCCN)NC(=O)[C@@H](CC(C)C)OC(=O)/C(C)=C/CC[C@@H]1C.CC(C)[C@H](NC(=O)CCCCCN1C(=O)C=CC1=O)C(=O)CC(CCCNC(N)=O)C(=O)Nc1ccc(COC(=O)Oc2ccc([N+](=O)[O-])cc2)cc1. The van der Waals surface area contributed by atoms with Crippen LogP contribution in [0.5, 0.6) is 5.75 Å². The second-order valence-corrected chi connectivity index (χ2v) is 33.0. The molecule has 0 saturated heterocycles. The molecule has 0 aliphatic carbocycles.